The van der Waals surface area contributed by atoms with Crippen molar-refractivity contribution in [3.63, 3.8) is 0 Å². The van der Waals surface area contributed by atoms with Gasteiger partial charge < -0.3 is 18.9 Å². The SMILES string of the molecule is CCCCCCCCOc1c(N=Nc2ccc(OC(=O)C3CCC(CCCCC)CC3)cc2)ccc(OC(=O)c2ccc(OCC)cc2)c1C. The van der Waals surface area contributed by atoms with Crippen molar-refractivity contribution in [1.82, 2.24) is 0 Å². The zero-order valence-electron chi connectivity index (χ0n) is 30.6. The normalized spacial score (nSPS) is 15.9. The molecule has 1 fully saturated rings. The second-order valence-electron chi connectivity index (χ2n) is 13.3. The monoisotopic (exact) mass is 684 g/mol. The van der Waals surface area contributed by atoms with E-state index in [4.69, 9.17) is 18.9 Å². The van der Waals surface area contributed by atoms with Crippen LogP contribution in [-0.4, -0.2) is 25.2 Å². The molecule has 0 bridgehead atoms. The molecule has 0 spiro atoms. The molecule has 0 N–H and O–H groups in total. The third kappa shape index (κ3) is 12.3. The van der Waals surface area contributed by atoms with Gasteiger partial charge in [0, 0.05) is 5.56 Å². The Morgan fingerprint density at radius 3 is 2.04 bits per heavy atom. The average molecular weight is 685 g/mol. The number of hydrogen-bond donors (Lipinski definition) is 0. The Kier molecular flexibility index (Phi) is 16.3. The molecule has 0 atom stereocenters. The number of rotatable bonds is 20. The van der Waals surface area contributed by atoms with Gasteiger partial charge in [-0.2, -0.15) is 5.11 Å². The van der Waals surface area contributed by atoms with E-state index in [-0.39, 0.29) is 11.9 Å². The first-order valence-corrected chi connectivity index (χ1v) is 18.9. The fraction of sp³-hybridized carbons (Fsp3) is 0.524. The summed E-state index contributed by atoms with van der Waals surface area (Å²) in [5.41, 5.74) is 2.24. The second kappa shape index (κ2) is 21.1. The lowest BCUT2D eigenvalue weighted by atomic mass is 9.80. The van der Waals surface area contributed by atoms with Crippen LogP contribution in [0.15, 0.2) is 70.9 Å². The Hall–Kier alpha value is -4.20. The molecular weight excluding hydrogens is 628 g/mol. The van der Waals surface area contributed by atoms with Crippen LogP contribution in [0.2, 0.25) is 0 Å². The van der Waals surface area contributed by atoms with Crippen LogP contribution in [-0.2, 0) is 4.79 Å². The third-order valence-corrected chi connectivity index (χ3v) is 9.41. The number of benzene rings is 3. The van der Waals surface area contributed by atoms with Gasteiger partial charge >= 0.3 is 11.9 Å². The van der Waals surface area contributed by atoms with E-state index in [0.717, 1.165) is 44.4 Å². The minimum atomic E-state index is -0.469. The highest BCUT2D eigenvalue weighted by molar-refractivity contribution is 5.91. The highest BCUT2D eigenvalue weighted by Gasteiger charge is 2.27. The van der Waals surface area contributed by atoms with Crippen molar-refractivity contribution in [2.75, 3.05) is 13.2 Å². The van der Waals surface area contributed by atoms with E-state index >= 15 is 0 Å². The number of ether oxygens (including phenoxy) is 4. The summed E-state index contributed by atoms with van der Waals surface area (Å²) < 4.78 is 23.3. The highest BCUT2D eigenvalue weighted by Crippen LogP contribution is 2.39. The maximum atomic E-state index is 13.0. The van der Waals surface area contributed by atoms with Crippen LogP contribution in [0.25, 0.3) is 0 Å². The van der Waals surface area contributed by atoms with Gasteiger partial charge in [-0.1, -0.05) is 71.6 Å². The summed E-state index contributed by atoms with van der Waals surface area (Å²) in [5, 5.41) is 8.97. The average Bonchev–Trinajstić information content (AvgIpc) is 3.13. The Morgan fingerprint density at radius 2 is 1.34 bits per heavy atom. The van der Waals surface area contributed by atoms with Crippen LogP contribution in [0.3, 0.4) is 0 Å². The van der Waals surface area contributed by atoms with Crippen LogP contribution in [0, 0.1) is 18.8 Å². The second-order valence-corrected chi connectivity index (χ2v) is 13.3. The van der Waals surface area contributed by atoms with Crippen molar-refractivity contribution >= 4 is 23.3 Å². The Bertz CT molecular complexity index is 1490. The number of carbonyl (C=O) groups excluding carboxylic acids is 2. The largest absolute Gasteiger partial charge is 0.494 e. The van der Waals surface area contributed by atoms with Gasteiger partial charge in [0.05, 0.1) is 30.4 Å². The molecule has 0 radical (unpaired) electrons. The lowest BCUT2D eigenvalue weighted by Crippen LogP contribution is -2.25. The van der Waals surface area contributed by atoms with Crippen molar-refractivity contribution in [3.8, 4) is 23.0 Å². The molecule has 50 heavy (non-hydrogen) atoms. The van der Waals surface area contributed by atoms with E-state index in [1.54, 1.807) is 60.7 Å². The lowest BCUT2D eigenvalue weighted by molar-refractivity contribution is -0.140. The molecule has 270 valence electrons. The number of unbranched alkanes of at least 4 members (excludes halogenated alkanes) is 7. The molecule has 0 saturated heterocycles. The number of esters is 2. The molecule has 1 aliphatic carbocycles. The molecule has 8 nitrogen and oxygen atoms in total. The van der Waals surface area contributed by atoms with E-state index in [1.807, 2.05) is 13.8 Å². The van der Waals surface area contributed by atoms with Gasteiger partial charge in [-0.05, 0) is 113 Å². The van der Waals surface area contributed by atoms with Crippen LogP contribution in [0.1, 0.15) is 127 Å². The van der Waals surface area contributed by atoms with Crippen molar-refractivity contribution in [2.24, 2.45) is 22.1 Å². The highest BCUT2D eigenvalue weighted by atomic mass is 16.5. The zero-order chi connectivity index (χ0) is 35.6. The molecular formula is C42H56N2O6. The summed E-state index contributed by atoms with van der Waals surface area (Å²) in [7, 11) is 0. The first-order valence-electron chi connectivity index (χ1n) is 18.9. The number of hydrogen-bond acceptors (Lipinski definition) is 8. The Balaban J connectivity index is 1.39. The van der Waals surface area contributed by atoms with Crippen LogP contribution in [0.5, 0.6) is 23.0 Å². The molecule has 0 amide bonds. The van der Waals surface area contributed by atoms with Gasteiger partial charge in [0.25, 0.3) is 0 Å². The summed E-state index contributed by atoms with van der Waals surface area (Å²) >= 11 is 0. The summed E-state index contributed by atoms with van der Waals surface area (Å²) in [6.45, 7) is 9.29. The first kappa shape index (κ1) is 38.6. The van der Waals surface area contributed by atoms with E-state index in [0.29, 0.717) is 58.7 Å². The number of carbonyl (C=O) groups is 2. The topological polar surface area (TPSA) is 95.8 Å². The third-order valence-electron chi connectivity index (χ3n) is 9.41. The summed E-state index contributed by atoms with van der Waals surface area (Å²) in [6.07, 6.45) is 16.0. The van der Waals surface area contributed by atoms with Gasteiger partial charge in [0.15, 0.2) is 5.75 Å². The predicted molar refractivity (Wildman–Crippen MR) is 198 cm³/mol. The van der Waals surface area contributed by atoms with Crippen molar-refractivity contribution < 1.29 is 28.5 Å². The maximum Gasteiger partial charge on any atom is 0.343 e. The molecule has 0 unspecified atom stereocenters. The molecule has 1 aliphatic rings. The van der Waals surface area contributed by atoms with E-state index in [9.17, 15) is 9.59 Å². The van der Waals surface area contributed by atoms with Gasteiger partial charge in [-0.3, -0.25) is 4.79 Å². The molecule has 3 aromatic rings. The van der Waals surface area contributed by atoms with Gasteiger partial charge in [-0.15, -0.1) is 5.11 Å². The van der Waals surface area contributed by atoms with Crippen molar-refractivity contribution in [2.45, 2.75) is 118 Å². The zero-order valence-corrected chi connectivity index (χ0v) is 30.6. The molecule has 0 heterocycles. The van der Waals surface area contributed by atoms with E-state index in [1.165, 1.54) is 51.4 Å². The number of azo groups is 1. The van der Waals surface area contributed by atoms with Crippen LogP contribution < -0.4 is 18.9 Å². The van der Waals surface area contributed by atoms with Gasteiger partial charge in [0.2, 0.25) is 0 Å². The van der Waals surface area contributed by atoms with Crippen molar-refractivity contribution in [1.29, 1.82) is 0 Å². The van der Waals surface area contributed by atoms with E-state index in [2.05, 4.69) is 24.1 Å². The minimum absolute atomic E-state index is 0.0296. The molecule has 1 saturated carbocycles. The van der Waals surface area contributed by atoms with E-state index < -0.39 is 5.97 Å². The standard InChI is InChI=1S/C42H56N2O6/c1-5-8-10-11-12-14-30-48-40-31(4)39(50-42(46)34-20-24-36(25-21-34)47-7-3)29-28-38(40)44-43-35-22-26-37(27-23-35)49-41(45)33-18-16-32(17-19-33)15-13-9-6-2/h20-29,32-33H,5-19,30H2,1-4H3. The van der Waals surface area contributed by atoms with Gasteiger partial charge in [-0.25, -0.2) is 4.79 Å². The molecule has 8 heteroatoms. The summed E-state index contributed by atoms with van der Waals surface area (Å²) in [4.78, 5) is 25.9. The molecule has 0 aliphatic heterocycles. The van der Waals surface area contributed by atoms with Crippen LogP contribution >= 0.6 is 0 Å². The number of nitrogens with zero attached hydrogens (tertiary/aromatic N) is 2. The molecule has 4 rings (SSSR count). The first-order chi connectivity index (χ1) is 24.4. The van der Waals surface area contributed by atoms with Crippen LogP contribution in [0.4, 0.5) is 11.4 Å². The van der Waals surface area contributed by atoms with Crippen molar-refractivity contribution in [3.05, 3.63) is 71.8 Å². The maximum absolute atomic E-state index is 13.0. The lowest BCUT2D eigenvalue weighted by Gasteiger charge is -2.27. The minimum Gasteiger partial charge on any atom is -0.494 e. The summed E-state index contributed by atoms with van der Waals surface area (Å²) in [5.74, 6) is 2.24. The quantitative estimate of drug-likeness (QED) is 0.0508. The fourth-order valence-electron chi connectivity index (χ4n) is 6.36. The Morgan fingerprint density at radius 1 is 0.680 bits per heavy atom. The van der Waals surface area contributed by atoms with Gasteiger partial charge in [0.1, 0.15) is 22.9 Å². The predicted octanol–water partition coefficient (Wildman–Crippen LogP) is 12.1. The fourth-order valence-corrected chi connectivity index (χ4v) is 6.36. The Labute approximate surface area is 299 Å². The molecule has 0 aromatic heterocycles. The molecule has 3 aromatic carbocycles. The smallest absolute Gasteiger partial charge is 0.343 e. The summed E-state index contributed by atoms with van der Waals surface area (Å²) in [6, 6.07) is 17.4.